The minimum absolute atomic E-state index is 0.122. The molecule has 25 heavy (non-hydrogen) atoms. The predicted octanol–water partition coefficient (Wildman–Crippen LogP) is 2.82. The Balaban J connectivity index is 1.55. The normalized spacial score (nSPS) is 10.6. The van der Waals surface area contributed by atoms with Crippen LogP contribution in [0.15, 0.2) is 65.8 Å². The summed E-state index contributed by atoms with van der Waals surface area (Å²) in [5.74, 6) is -0.405. The summed E-state index contributed by atoms with van der Waals surface area (Å²) in [7, 11) is 0. The maximum absolute atomic E-state index is 11.7. The van der Waals surface area contributed by atoms with Gasteiger partial charge in [-0.05, 0) is 24.0 Å². The van der Waals surface area contributed by atoms with Crippen LogP contribution in [0.25, 0.3) is 0 Å². The molecule has 2 N–H and O–H groups in total. The minimum atomic E-state index is -0.258. The van der Waals surface area contributed by atoms with E-state index in [1.54, 1.807) is 6.21 Å². The molecule has 2 amide bonds. The van der Waals surface area contributed by atoms with E-state index < -0.39 is 0 Å². The van der Waals surface area contributed by atoms with Crippen LogP contribution in [0, 0.1) is 0 Å². The average molecular weight is 337 g/mol. The van der Waals surface area contributed by atoms with Crippen molar-refractivity contribution in [2.75, 3.05) is 0 Å². The maximum Gasteiger partial charge on any atom is 0.240 e. The van der Waals surface area contributed by atoms with Crippen LogP contribution in [0.4, 0.5) is 0 Å². The third kappa shape index (κ3) is 7.92. The summed E-state index contributed by atoms with van der Waals surface area (Å²) >= 11 is 0. The Labute approximate surface area is 148 Å². The Kier molecular flexibility index (Phi) is 7.91. The Morgan fingerprint density at radius 2 is 1.44 bits per heavy atom. The van der Waals surface area contributed by atoms with Crippen LogP contribution in [0.5, 0.6) is 0 Å². The van der Waals surface area contributed by atoms with Gasteiger partial charge in [0.1, 0.15) is 0 Å². The number of hydrogen-bond donors (Lipinski definition) is 2. The molecule has 0 radical (unpaired) electrons. The van der Waals surface area contributed by atoms with Crippen molar-refractivity contribution >= 4 is 18.0 Å². The van der Waals surface area contributed by atoms with Crippen LogP contribution in [-0.2, 0) is 22.6 Å². The van der Waals surface area contributed by atoms with E-state index in [0.717, 1.165) is 18.4 Å². The van der Waals surface area contributed by atoms with E-state index in [1.807, 2.05) is 48.5 Å². The molecule has 0 saturated heterocycles. The summed E-state index contributed by atoms with van der Waals surface area (Å²) in [6, 6.07) is 19.7. The molecule has 0 saturated carbocycles. The summed E-state index contributed by atoms with van der Waals surface area (Å²) in [6.45, 7) is 0.471. The van der Waals surface area contributed by atoms with Crippen molar-refractivity contribution in [1.29, 1.82) is 0 Å². The fourth-order valence-electron chi connectivity index (χ4n) is 2.23. The number of aryl methyl sites for hydroxylation is 1. The molecule has 0 bridgehead atoms. The molecule has 0 atom stereocenters. The topological polar surface area (TPSA) is 70.6 Å². The number of amides is 2. The molecule has 0 unspecified atom stereocenters. The smallest absolute Gasteiger partial charge is 0.240 e. The van der Waals surface area contributed by atoms with Crippen LogP contribution < -0.4 is 10.7 Å². The van der Waals surface area contributed by atoms with Gasteiger partial charge in [0.25, 0.3) is 0 Å². The number of benzene rings is 2. The van der Waals surface area contributed by atoms with Gasteiger partial charge >= 0.3 is 0 Å². The fourth-order valence-corrected chi connectivity index (χ4v) is 2.23. The molecular formula is C20H23N3O2. The molecule has 0 aliphatic heterocycles. The van der Waals surface area contributed by atoms with Crippen LogP contribution in [0.1, 0.15) is 30.4 Å². The van der Waals surface area contributed by atoms with E-state index in [4.69, 9.17) is 0 Å². The highest BCUT2D eigenvalue weighted by atomic mass is 16.2. The Bertz CT molecular complexity index is 685. The monoisotopic (exact) mass is 337 g/mol. The van der Waals surface area contributed by atoms with Gasteiger partial charge in [-0.15, -0.1) is 0 Å². The average Bonchev–Trinajstić information content (AvgIpc) is 2.66. The Morgan fingerprint density at radius 3 is 2.12 bits per heavy atom. The largest absolute Gasteiger partial charge is 0.352 e. The van der Waals surface area contributed by atoms with Crippen molar-refractivity contribution in [3.05, 3.63) is 71.8 Å². The number of carbonyl (C=O) groups excluding carboxylic acids is 2. The standard InChI is InChI=1S/C20H23N3O2/c24-19(21-16-18-10-5-2-6-11-18)13-14-20(25)23-22-15-7-12-17-8-3-1-4-9-17/h1-6,8-11,15H,7,12-14,16H2,(H,21,24)(H,23,25). The number of nitrogens with zero attached hydrogens (tertiary/aromatic N) is 1. The number of nitrogens with one attached hydrogen (secondary N) is 2. The maximum atomic E-state index is 11.7. The van der Waals surface area contributed by atoms with Gasteiger partial charge in [-0.25, -0.2) is 5.43 Å². The number of carbonyl (C=O) groups is 2. The SMILES string of the molecule is O=C(CCC(=O)NN=CCCc1ccccc1)NCc1ccccc1. The third-order valence-electron chi connectivity index (χ3n) is 3.60. The summed E-state index contributed by atoms with van der Waals surface area (Å²) in [4.78, 5) is 23.4. The molecule has 2 rings (SSSR count). The van der Waals surface area contributed by atoms with Crippen molar-refractivity contribution in [2.45, 2.75) is 32.2 Å². The first kappa shape index (κ1) is 18.4. The molecule has 5 nitrogen and oxygen atoms in total. The lowest BCUT2D eigenvalue weighted by Crippen LogP contribution is -2.25. The lowest BCUT2D eigenvalue weighted by molar-refractivity contribution is -0.126. The second-order valence-corrected chi connectivity index (χ2v) is 5.63. The van der Waals surface area contributed by atoms with Crippen molar-refractivity contribution in [2.24, 2.45) is 5.10 Å². The van der Waals surface area contributed by atoms with Gasteiger partial charge in [-0.1, -0.05) is 60.7 Å². The fraction of sp³-hybridized carbons (Fsp3) is 0.250. The molecule has 0 aromatic heterocycles. The number of rotatable bonds is 9. The zero-order valence-electron chi connectivity index (χ0n) is 14.2. The van der Waals surface area contributed by atoms with Gasteiger partial charge < -0.3 is 5.32 Å². The molecule has 2 aromatic rings. The van der Waals surface area contributed by atoms with Gasteiger partial charge in [-0.3, -0.25) is 9.59 Å². The molecule has 0 heterocycles. The summed E-state index contributed by atoms with van der Waals surface area (Å²) in [5.41, 5.74) is 4.71. The zero-order valence-corrected chi connectivity index (χ0v) is 14.2. The lowest BCUT2D eigenvalue weighted by atomic mass is 10.1. The summed E-state index contributed by atoms with van der Waals surface area (Å²) in [5, 5.41) is 6.69. The Morgan fingerprint density at radius 1 is 0.840 bits per heavy atom. The van der Waals surface area contributed by atoms with Crippen LogP contribution in [0.2, 0.25) is 0 Å². The van der Waals surface area contributed by atoms with Crippen molar-refractivity contribution in [3.63, 3.8) is 0 Å². The third-order valence-corrected chi connectivity index (χ3v) is 3.60. The molecule has 2 aromatic carbocycles. The summed E-state index contributed by atoms with van der Waals surface area (Å²) in [6.07, 6.45) is 3.58. The predicted molar refractivity (Wildman–Crippen MR) is 98.9 cm³/mol. The molecule has 0 aliphatic rings. The second kappa shape index (κ2) is 10.8. The summed E-state index contributed by atoms with van der Waals surface area (Å²) < 4.78 is 0. The van der Waals surface area contributed by atoms with E-state index >= 15 is 0 Å². The van der Waals surface area contributed by atoms with Crippen molar-refractivity contribution in [1.82, 2.24) is 10.7 Å². The highest BCUT2D eigenvalue weighted by molar-refractivity contribution is 5.83. The molecule has 0 aliphatic carbocycles. The number of hydrogen-bond acceptors (Lipinski definition) is 3. The van der Waals surface area contributed by atoms with Gasteiger partial charge in [0.2, 0.25) is 11.8 Å². The van der Waals surface area contributed by atoms with E-state index in [9.17, 15) is 9.59 Å². The molecule has 0 spiro atoms. The van der Waals surface area contributed by atoms with Crippen LogP contribution in [-0.4, -0.2) is 18.0 Å². The van der Waals surface area contributed by atoms with E-state index in [-0.39, 0.29) is 24.7 Å². The first-order chi connectivity index (χ1) is 12.2. The first-order valence-electron chi connectivity index (χ1n) is 8.39. The molecule has 5 heteroatoms. The van der Waals surface area contributed by atoms with Crippen molar-refractivity contribution < 1.29 is 9.59 Å². The Hall–Kier alpha value is -2.95. The van der Waals surface area contributed by atoms with Crippen LogP contribution in [0.3, 0.4) is 0 Å². The lowest BCUT2D eigenvalue weighted by Gasteiger charge is -2.04. The van der Waals surface area contributed by atoms with E-state index in [1.165, 1.54) is 5.56 Å². The van der Waals surface area contributed by atoms with Gasteiger partial charge in [-0.2, -0.15) is 5.10 Å². The molecular weight excluding hydrogens is 314 g/mol. The number of hydrazone groups is 1. The quantitative estimate of drug-likeness (QED) is 0.546. The van der Waals surface area contributed by atoms with Gasteiger partial charge in [0, 0.05) is 25.6 Å². The molecule has 130 valence electrons. The van der Waals surface area contributed by atoms with E-state index in [0.29, 0.717) is 6.54 Å². The van der Waals surface area contributed by atoms with E-state index in [2.05, 4.69) is 28.0 Å². The zero-order chi connectivity index (χ0) is 17.7. The first-order valence-corrected chi connectivity index (χ1v) is 8.39. The molecule has 0 fully saturated rings. The van der Waals surface area contributed by atoms with Crippen molar-refractivity contribution in [3.8, 4) is 0 Å². The van der Waals surface area contributed by atoms with Crippen LogP contribution >= 0.6 is 0 Å². The minimum Gasteiger partial charge on any atom is -0.352 e. The van der Waals surface area contributed by atoms with Gasteiger partial charge in [0.05, 0.1) is 0 Å². The highest BCUT2D eigenvalue weighted by Crippen LogP contribution is 2.01. The van der Waals surface area contributed by atoms with Gasteiger partial charge in [0.15, 0.2) is 0 Å². The second-order valence-electron chi connectivity index (χ2n) is 5.63. The highest BCUT2D eigenvalue weighted by Gasteiger charge is 2.05.